The standard InChI is InChI=1S/C6H5BrFN.C2H4O2/c7-5-3-4(8)1-2-6(5)9;1-2(3)4/h1-3H,9H2;1H3,(H,3,4). The first kappa shape index (κ1) is 11.9. The maximum Gasteiger partial charge on any atom is 0.300 e. The van der Waals surface area contributed by atoms with Gasteiger partial charge in [-0.05, 0) is 34.1 Å². The van der Waals surface area contributed by atoms with Crippen molar-refractivity contribution in [3.05, 3.63) is 28.5 Å². The Bertz CT molecular complexity index is 300. The number of hydrogen-bond acceptors (Lipinski definition) is 2. The molecule has 0 fully saturated rings. The molecular weight excluding hydrogens is 241 g/mol. The molecule has 0 aromatic heterocycles. The maximum absolute atomic E-state index is 12.3. The number of anilines is 1. The zero-order valence-electron chi connectivity index (χ0n) is 6.92. The summed E-state index contributed by atoms with van der Waals surface area (Å²) in [4.78, 5) is 9.00. The van der Waals surface area contributed by atoms with Gasteiger partial charge in [-0.1, -0.05) is 0 Å². The molecule has 0 aliphatic carbocycles. The molecule has 0 atom stereocenters. The molecule has 0 aliphatic heterocycles. The number of halogens is 2. The summed E-state index contributed by atoms with van der Waals surface area (Å²) < 4.78 is 12.9. The van der Waals surface area contributed by atoms with Crippen molar-refractivity contribution in [3.63, 3.8) is 0 Å². The minimum atomic E-state index is -0.833. The Balaban J connectivity index is 0.000000310. The van der Waals surface area contributed by atoms with Crippen LogP contribution in [0, 0.1) is 5.82 Å². The monoisotopic (exact) mass is 249 g/mol. The summed E-state index contributed by atoms with van der Waals surface area (Å²) in [6, 6.07) is 4.16. The molecule has 0 amide bonds. The molecular formula is C8H9BrFNO2. The van der Waals surface area contributed by atoms with Crippen LogP contribution in [-0.2, 0) is 4.79 Å². The van der Waals surface area contributed by atoms with E-state index in [0.717, 1.165) is 6.92 Å². The first-order valence-electron chi connectivity index (χ1n) is 3.33. The lowest BCUT2D eigenvalue weighted by Gasteiger charge is -1.94. The Morgan fingerprint density at radius 3 is 2.38 bits per heavy atom. The second-order valence-electron chi connectivity index (χ2n) is 2.18. The Morgan fingerprint density at radius 2 is 2.08 bits per heavy atom. The maximum atomic E-state index is 12.3. The van der Waals surface area contributed by atoms with E-state index >= 15 is 0 Å². The molecule has 0 saturated carbocycles. The van der Waals surface area contributed by atoms with Crippen LogP contribution in [0.25, 0.3) is 0 Å². The lowest BCUT2D eigenvalue weighted by molar-refractivity contribution is -0.134. The number of nitrogens with two attached hydrogens (primary N) is 1. The molecule has 3 N–H and O–H groups in total. The van der Waals surface area contributed by atoms with E-state index in [2.05, 4.69) is 15.9 Å². The first-order chi connectivity index (χ1) is 5.93. The summed E-state index contributed by atoms with van der Waals surface area (Å²) in [5.74, 6) is -1.11. The molecule has 1 aromatic rings. The molecule has 1 rings (SSSR count). The van der Waals surface area contributed by atoms with Crippen LogP contribution in [0.2, 0.25) is 0 Å². The second kappa shape index (κ2) is 5.53. The molecule has 0 radical (unpaired) electrons. The minimum absolute atomic E-state index is 0.281. The number of nitrogen functional groups attached to an aromatic ring is 1. The molecule has 13 heavy (non-hydrogen) atoms. The topological polar surface area (TPSA) is 63.3 Å². The predicted molar refractivity (Wildman–Crippen MR) is 51.8 cm³/mol. The van der Waals surface area contributed by atoms with Gasteiger partial charge < -0.3 is 10.8 Å². The number of hydrogen-bond donors (Lipinski definition) is 2. The lowest BCUT2D eigenvalue weighted by atomic mass is 10.3. The van der Waals surface area contributed by atoms with Crippen molar-refractivity contribution in [2.45, 2.75) is 6.92 Å². The van der Waals surface area contributed by atoms with Crippen LogP contribution in [-0.4, -0.2) is 11.1 Å². The average Bonchev–Trinajstić information content (AvgIpc) is 1.96. The number of carboxylic acid groups (broad SMARTS) is 1. The van der Waals surface area contributed by atoms with Crippen LogP contribution >= 0.6 is 15.9 Å². The van der Waals surface area contributed by atoms with E-state index in [1.54, 1.807) is 0 Å². The van der Waals surface area contributed by atoms with E-state index in [0.29, 0.717) is 10.2 Å². The van der Waals surface area contributed by atoms with E-state index in [1.165, 1.54) is 18.2 Å². The second-order valence-corrected chi connectivity index (χ2v) is 3.04. The zero-order chi connectivity index (χ0) is 10.4. The molecule has 0 unspecified atom stereocenters. The molecule has 0 spiro atoms. The summed E-state index contributed by atoms with van der Waals surface area (Å²) in [5, 5.41) is 7.42. The molecule has 0 aliphatic rings. The highest BCUT2D eigenvalue weighted by Crippen LogP contribution is 2.18. The van der Waals surface area contributed by atoms with Gasteiger partial charge in [0.15, 0.2) is 0 Å². The van der Waals surface area contributed by atoms with Crippen molar-refractivity contribution in [2.75, 3.05) is 5.73 Å². The van der Waals surface area contributed by atoms with Crippen LogP contribution < -0.4 is 5.73 Å². The molecule has 0 bridgehead atoms. The Kier molecular flexibility index (Phi) is 5.06. The van der Waals surface area contributed by atoms with Gasteiger partial charge in [-0.15, -0.1) is 0 Å². The van der Waals surface area contributed by atoms with Gasteiger partial charge in [0.1, 0.15) is 5.82 Å². The number of carboxylic acids is 1. The summed E-state index contributed by atoms with van der Waals surface area (Å²) in [6.07, 6.45) is 0. The van der Waals surface area contributed by atoms with Crippen LogP contribution in [0.1, 0.15) is 6.92 Å². The molecule has 1 aromatic carbocycles. The van der Waals surface area contributed by atoms with Crippen LogP contribution in [0.5, 0.6) is 0 Å². The van der Waals surface area contributed by atoms with Crippen molar-refractivity contribution in [1.29, 1.82) is 0 Å². The lowest BCUT2D eigenvalue weighted by Crippen LogP contribution is -1.85. The van der Waals surface area contributed by atoms with Gasteiger partial charge in [0.05, 0.1) is 0 Å². The van der Waals surface area contributed by atoms with Crippen molar-refractivity contribution in [2.24, 2.45) is 0 Å². The summed E-state index contributed by atoms with van der Waals surface area (Å²) in [5.41, 5.74) is 5.93. The zero-order valence-corrected chi connectivity index (χ0v) is 8.51. The number of aliphatic carboxylic acids is 1. The third-order valence-corrected chi connectivity index (χ3v) is 1.65. The van der Waals surface area contributed by atoms with Crippen LogP contribution in [0.15, 0.2) is 22.7 Å². The minimum Gasteiger partial charge on any atom is -0.481 e. The molecule has 0 heterocycles. The summed E-state index contributed by atoms with van der Waals surface area (Å²) in [7, 11) is 0. The van der Waals surface area contributed by atoms with Gasteiger partial charge in [0, 0.05) is 17.1 Å². The van der Waals surface area contributed by atoms with Gasteiger partial charge in [-0.25, -0.2) is 4.39 Å². The van der Waals surface area contributed by atoms with E-state index in [1.807, 2.05) is 0 Å². The fourth-order valence-electron chi connectivity index (χ4n) is 0.502. The van der Waals surface area contributed by atoms with Gasteiger partial charge >= 0.3 is 0 Å². The average molecular weight is 250 g/mol. The van der Waals surface area contributed by atoms with Gasteiger partial charge in [0.2, 0.25) is 0 Å². The normalized spacial score (nSPS) is 8.54. The van der Waals surface area contributed by atoms with Crippen LogP contribution in [0.3, 0.4) is 0 Å². The highest BCUT2D eigenvalue weighted by atomic mass is 79.9. The largest absolute Gasteiger partial charge is 0.481 e. The van der Waals surface area contributed by atoms with Gasteiger partial charge in [-0.2, -0.15) is 0 Å². The highest BCUT2D eigenvalue weighted by Gasteiger charge is 1.94. The van der Waals surface area contributed by atoms with E-state index in [9.17, 15) is 4.39 Å². The molecule has 0 saturated heterocycles. The fourth-order valence-corrected chi connectivity index (χ4v) is 0.852. The van der Waals surface area contributed by atoms with Crippen molar-refractivity contribution in [1.82, 2.24) is 0 Å². The Morgan fingerprint density at radius 1 is 1.62 bits per heavy atom. The first-order valence-corrected chi connectivity index (χ1v) is 4.13. The van der Waals surface area contributed by atoms with Crippen molar-refractivity contribution >= 4 is 27.6 Å². The number of carbonyl (C=O) groups is 1. The molecule has 3 nitrogen and oxygen atoms in total. The summed E-state index contributed by atoms with van der Waals surface area (Å²) >= 11 is 3.08. The van der Waals surface area contributed by atoms with E-state index in [-0.39, 0.29) is 5.82 Å². The molecule has 5 heteroatoms. The smallest absolute Gasteiger partial charge is 0.300 e. The third-order valence-electron chi connectivity index (χ3n) is 0.962. The van der Waals surface area contributed by atoms with E-state index < -0.39 is 5.97 Å². The Hall–Kier alpha value is -1.10. The van der Waals surface area contributed by atoms with Gasteiger partial charge in [-0.3, -0.25) is 4.79 Å². The summed E-state index contributed by atoms with van der Waals surface area (Å²) in [6.45, 7) is 1.08. The van der Waals surface area contributed by atoms with Crippen molar-refractivity contribution in [3.8, 4) is 0 Å². The predicted octanol–water partition coefficient (Wildman–Crippen LogP) is 2.26. The van der Waals surface area contributed by atoms with Crippen LogP contribution in [0.4, 0.5) is 10.1 Å². The van der Waals surface area contributed by atoms with Crippen molar-refractivity contribution < 1.29 is 14.3 Å². The molecule has 72 valence electrons. The van der Waals surface area contributed by atoms with E-state index in [4.69, 9.17) is 15.6 Å². The highest BCUT2D eigenvalue weighted by molar-refractivity contribution is 9.10. The number of rotatable bonds is 0. The number of benzene rings is 1. The third kappa shape index (κ3) is 6.10. The fraction of sp³-hybridized carbons (Fsp3) is 0.125. The Labute approximate surface area is 83.5 Å². The SMILES string of the molecule is CC(=O)O.Nc1ccc(F)cc1Br. The quantitative estimate of drug-likeness (QED) is 0.694. The van der Waals surface area contributed by atoms with Gasteiger partial charge in [0.25, 0.3) is 5.97 Å².